The fourth-order valence-corrected chi connectivity index (χ4v) is 1.99. The Morgan fingerprint density at radius 1 is 1.22 bits per heavy atom. The number of hydrogen-bond acceptors (Lipinski definition) is 3. The Hall–Kier alpha value is -1.65. The lowest BCUT2D eigenvalue weighted by Gasteiger charge is -2.06. The van der Waals surface area contributed by atoms with Gasteiger partial charge in [-0.2, -0.15) is 0 Å². The van der Waals surface area contributed by atoms with Gasteiger partial charge in [-0.25, -0.2) is 14.8 Å². The van der Waals surface area contributed by atoms with Crippen molar-refractivity contribution in [2.75, 3.05) is 0 Å². The topological polar surface area (TPSA) is 63.1 Å². The molecule has 0 fully saturated rings. The van der Waals surface area contributed by atoms with E-state index in [4.69, 9.17) is 28.3 Å². The molecule has 0 saturated heterocycles. The fraction of sp³-hybridized carbons (Fsp3) is 0.0833. The van der Waals surface area contributed by atoms with Crippen molar-refractivity contribution in [1.82, 2.24) is 9.97 Å². The van der Waals surface area contributed by atoms with Crippen molar-refractivity contribution in [3.63, 3.8) is 0 Å². The number of rotatable bonds is 3. The van der Waals surface area contributed by atoms with Crippen LogP contribution in [0, 0.1) is 0 Å². The molecule has 0 bridgehead atoms. The highest BCUT2D eigenvalue weighted by Gasteiger charge is 2.10. The van der Waals surface area contributed by atoms with E-state index >= 15 is 0 Å². The van der Waals surface area contributed by atoms with Gasteiger partial charge in [-0.05, 0) is 23.8 Å². The first-order valence-corrected chi connectivity index (χ1v) is 5.81. The number of hydrogen-bond donors (Lipinski definition) is 1. The van der Waals surface area contributed by atoms with Gasteiger partial charge in [0.15, 0.2) is 5.69 Å². The van der Waals surface area contributed by atoms with E-state index in [-0.39, 0.29) is 5.69 Å². The van der Waals surface area contributed by atoms with Crippen LogP contribution in [0.1, 0.15) is 21.9 Å². The van der Waals surface area contributed by atoms with Gasteiger partial charge in [-0.1, -0.05) is 29.3 Å². The molecular weight excluding hydrogens is 275 g/mol. The maximum atomic E-state index is 10.8. The summed E-state index contributed by atoms with van der Waals surface area (Å²) in [6, 6.07) is 6.50. The lowest BCUT2D eigenvalue weighted by Crippen LogP contribution is -2.05. The van der Waals surface area contributed by atoms with Crippen molar-refractivity contribution in [3.8, 4) is 0 Å². The predicted molar refractivity (Wildman–Crippen MR) is 68.3 cm³/mol. The average Bonchev–Trinajstić information content (AvgIpc) is 2.34. The van der Waals surface area contributed by atoms with E-state index in [1.807, 2.05) is 0 Å². The molecule has 1 N–H and O–H groups in total. The Morgan fingerprint density at radius 2 is 1.89 bits per heavy atom. The zero-order valence-electron chi connectivity index (χ0n) is 9.10. The minimum Gasteiger partial charge on any atom is -0.477 e. The first-order chi connectivity index (χ1) is 8.58. The van der Waals surface area contributed by atoms with Crippen LogP contribution in [-0.4, -0.2) is 21.0 Å². The second-order valence-corrected chi connectivity index (χ2v) is 4.35. The number of carboxylic acid groups (broad SMARTS) is 1. The third kappa shape index (κ3) is 2.78. The zero-order chi connectivity index (χ0) is 13.1. The van der Waals surface area contributed by atoms with Crippen LogP contribution in [0.3, 0.4) is 0 Å². The minimum atomic E-state index is -1.09. The van der Waals surface area contributed by atoms with Crippen LogP contribution in [0.2, 0.25) is 10.0 Å². The van der Waals surface area contributed by atoms with E-state index in [9.17, 15) is 4.79 Å². The van der Waals surface area contributed by atoms with Gasteiger partial charge in [0, 0.05) is 22.7 Å². The van der Waals surface area contributed by atoms with Crippen molar-refractivity contribution < 1.29 is 9.90 Å². The summed E-state index contributed by atoms with van der Waals surface area (Å²) in [5.74, 6) is -0.728. The van der Waals surface area contributed by atoms with Crippen LogP contribution in [0.15, 0.2) is 30.5 Å². The van der Waals surface area contributed by atoms with E-state index in [1.165, 1.54) is 12.3 Å². The molecule has 92 valence electrons. The third-order valence-electron chi connectivity index (χ3n) is 2.32. The molecule has 0 saturated carbocycles. The predicted octanol–water partition coefficient (Wildman–Crippen LogP) is 3.07. The van der Waals surface area contributed by atoms with Crippen LogP contribution in [-0.2, 0) is 6.42 Å². The van der Waals surface area contributed by atoms with Gasteiger partial charge >= 0.3 is 5.97 Å². The van der Waals surface area contributed by atoms with Crippen LogP contribution in [0.4, 0.5) is 0 Å². The number of halogens is 2. The molecule has 0 atom stereocenters. The molecule has 0 radical (unpaired) electrons. The van der Waals surface area contributed by atoms with E-state index in [1.54, 1.807) is 18.2 Å². The molecule has 0 unspecified atom stereocenters. The van der Waals surface area contributed by atoms with Crippen molar-refractivity contribution in [2.24, 2.45) is 0 Å². The first-order valence-electron chi connectivity index (χ1n) is 5.06. The Bertz CT molecular complexity index is 582. The molecule has 0 spiro atoms. The molecule has 2 aromatic rings. The molecule has 1 heterocycles. The first kappa shape index (κ1) is 12.8. The molecule has 0 amide bonds. The maximum absolute atomic E-state index is 10.8. The van der Waals surface area contributed by atoms with Gasteiger partial charge in [-0.15, -0.1) is 0 Å². The normalized spacial score (nSPS) is 10.3. The van der Waals surface area contributed by atoms with E-state index in [2.05, 4.69) is 9.97 Å². The summed E-state index contributed by atoms with van der Waals surface area (Å²) in [5.41, 5.74) is 0.631. The molecule has 0 aliphatic heterocycles. The van der Waals surface area contributed by atoms with Gasteiger partial charge in [0.25, 0.3) is 0 Å². The molecule has 1 aromatic heterocycles. The van der Waals surface area contributed by atoms with Gasteiger partial charge in [0.1, 0.15) is 5.82 Å². The monoisotopic (exact) mass is 282 g/mol. The Labute approximate surface area is 113 Å². The number of benzene rings is 1. The second kappa shape index (κ2) is 5.33. The zero-order valence-corrected chi connectivity index (χ0v) is 10.6. The summed E-state index contributed by atoms with van der Waals surface area (Å²) in [7, 11) is 0. The van der Waals surface area contributed by atoms with Crippen LogP contribution in [0.5, 0.6) is 0 Å². The number of carboxylic acids is 1. The molecule has 6 heteroatoms. The second-order valence-electron chi connectivity index (χ2n) is 3.54. The Balaban J connectivity index is 2.34. The standard InChI is InChI=1S/C12H8Cl2N2O2/c13-8-2-1-3-9(14)7(8)6-11-15-5-4-10(16-11)12(17)18/h1-5H,6H2,(H,17,18). The molecule has 4 nitrogen and oxygen atoms in total. The lowest BCUT2D eigenvalue weighted by atomic mass is 10.1. The number of aromatic nitrogens is 2. The highest BCUT2D eigenvalue weighted by Crippen LogP contribution is 2.25. The molecule has 0 aliphatic rings. The van der Waals surface area contributed by atoms with E-state index in [0.717, 1.165) is 0 Å². The molecular formula is C12H8Cl2N2O2. The fourth-order valence-electron chi connectivity index (χ4n) is 1.46. The van der Waals surface area contributed by atoms with Gasteiger partial charge in [0.05, 0.1) is 0 Å². The quantitative estimate of drug-likeness (QED) is 0.940. The number of aromatic carboxylic acids is 1. The maximum Gasteiger partial charge on any atom is 0.354 e. The van der Waals surface area contributed by atoms with Crippen LogP contribution >= 0.6 is 23.2 Å². The van der Waals surface area contributed by atoms with Crippen molar-refractivity contribution in [2.45, 2.75) is 6.42 Å². The summed E-state index contributed by atoms with van der Waals surface area (Å²) >= 11 is 12.1. The van der Waals surface area contributed by atoms with E-state index < -0.39 is 5.97 Å². The summed E-state index contributed by atoms with van der Waals surface area (Å²) in [6.45, 7) is 0. The highest BCUT2D eigenvalue weighted by atomic mass is 35.5. The average molecular weight is 283 g/mol. The minimum absolute atomic E-state index is 0.0526. The molecule has 0 aliphatic carbocycles. The largest absolute Gasteiger partial charge is 0.477 e. The van der Waals surface area contributed by atoms with Gasteiger partial charge < -0.3 is 5.11 Å². The Kier molecular flexibility index (Phi) is 3.79. The Morgan fingerprint density at radius 3 is 2.50 bits per heavy atom. The molecule has 18 heavy (non-hydrogen) atoms. The smallest absolute Gasteiger partial charge is 0.354 e. The van der Waals surface area contributed by atoms with Gasteiger partial charge in [-0.3, -0.25) is 0 Å². The van der Waals surface area contributed by atoms with Crippen LogP contribution < -0.4 is 0 Å². The summed E-state index contributed by atoms with van der Waals surface area (Å²) in [6.07, 6.45) is 1.69. The number of nitrogens with zero attached hydrogens (tertiary/aromatic N) is 2. The summed E-state index contributed by atoms with van der Waals surface area (Å²) in [5, 5.41) is 9.85. The number of carbonyl (C=O) groups is 1. The highest BCUT2D eigenvalue weighted by molar-refractivity contribution is 6.36. The lowest BCUT2D eigenvalue weighted by molar-refractivity contribution is 0.0690. The van der Waals surface area contributed by atoms with Crippen molar-refractivity contribution in [3.05, 3.63) is 57.6 Å². The summed E-state index contributed by atoms with van der Waals surface area (Å²) in [4.78, 5) is 18.7. The van der Waals surface area contributed by atoms with E-state index in [0.29, 0.717) is 27.9 Å². The summed E-state index contributed by atoms with van der Waals surface area (Å²) < 4.78 is 0. The van der Waals surface area contributed by atoms with Crippen LogP contribution in [0.25, 0.3) is 0 Å². The molecule has 1 aromatic carbocycles. The SMILES string of the molecule is O=C(O)c1ccnc(Cc2c(Cl)cccc2Cl)n1. The molecule has 2 rings (SSSR count). The van der Waals surface area contributed by atoms with Crippen molar-refractivity contribution >= 4 is 29.2 Å². The third-order valence-corrected chi connectivity index (χ3v) is 3.03. The van der Waals surface area contributed by atoms with Crippen molar-refractivity contribution in [1.29, 1.82) is 0 Å². The van der Waals surface area contributed by atoms with Gasteiger partial charge in [0.2, 0.25) is 0 Å².